The van der Waals surface area contributed by atoms with E-state index < -0.39 is 0 Å². The van der Waals surface area contributed by atoms with Gasteiger partial charge < -0.3 is 9.47 Å². The summed E-state index contributed by atoms with van der Waals surface area (Å²) in [4.78, 5) is 12.7. The van der Waals surface area contributed by atoms with E-state index in [1.165, 1.54) is 4.68 Å². The SMILES string of the molecule is CC(C)n1c([C@H]2OCC[C@H]2C)nn(CCOc2ccccc2)c1=O. The van der Waals surface area contributed by atoms with E-state index in [1.807, 2.05) is 44.2 Å². The van der Waals surface area contributed by atoms with Gasteiger partial charge in [0.05, 0.1) is 6.54 Å². The zero-order chi connectivity index (χ0) is 17.1. The van der Waals surface area contributed by atoms with Crippen LogP contribution in [0.25, 0.3) is 0 Å². The Balaban J connectivity index is 1.77. The van der Waals surface area contributed by atoms with Gasteiger partial charge in [-0.3, -0.25) is 4.57 Å². The highest BCUT2D eigenvalue weighted by molar-refractivity contribution is 5.20. The first-order valence-corrected chi connectivity index (χ1v) is 8.56. The topological polar surface area (TPSA) is 58.3 Å². The maximum atomic E-state index is 12.7. The van der Waals surface area contributed by atoms with Gasteiger partial charge in [-0.1, -0.05) is 25.1 Å². The first-order chi connectivity index (χ1) is 11.6. The van der Waals surface area contributed by atoms with E-state index in [4.69, 9.17) is 9.47 Å². The molecule has 1 fully saturated rings. The molecule has 1 aromatic carbocycles. The summed E-state index contributed by atoms with van der Waals surface area (Å²) in [5.41, 5.74) is -0.0978. The minimum absolute atomic E-state index is 0.0488. The lowest BCUT2D eigenvalue weighted by Crippen LogP contribution is -2.28. The van der Waals surface area contributed by atoms with Gasteiger partial charge in [0.2, 0.25) is 0 Å². The number of para-hydroxylation sites is 1. The van der Waals surface area contributed by atoms with Crippen molar-refractivity contribution in [1.29, 1.82) is 0 Å². The number of rotatable bonds is 6. The Bertz CT molecular complexity index is 721. The second-order valence-electron chi connectivity index (χ2n) is 6.55. The van der Waals surface area contributed by atoms with Crippen molar-refractivity contribution in [1.82, 2.24) is 14.3 Å². The van der Waals surface area contributed by atoms with Gasteiger partial charge in [0, 0.05) is 12.6 Å². The summed E-state index contributed by atoms with van der Waals surface area (Å²) in [5, 5.41) is 4.56. The van der Waals surface area contributed by atoms with Crippen molar-refractivity contribution in [2.24, 2.45) is 5.92 Å². The Labute approximate surface area is 142 Å². The van der Waals surface area contributed by atoms with Gasteiger partial charge in [0.15, 0.2) is 5.82 Å². The van der Waals surface area contributed by atoms with E-state index in [-0.39, 0.29) is 17.8 Å². The first-order valence-electron chi connectivity index (χ1n) is 8.56. The van der Waals surface area contributed by atoms with Crippen molar-refractivity contribution in [3.05, 3.63) is 46.6 Å². The molecule has 24 heavy (non-hydrogen) atoms. The first kappa shape index (κ1) is 16.8. The summed E-state index contributed by atoms with van der Waals surface area (Å²) < 4.78 is 14.7. The maximum Gasteiger partial charge on any atom is 0.346 e. The third kappa shape index (κ3) is 3.38. The predicted molar refractivity (Wildman–Crippen MR) is 91.3 cm³/mol. The molecule has 0 spiro atoms. The summed E-state index contributed by atoms with van der Waals surface area (Å²) in [5.74, 6) is 1.90. The zero-order valence-corrected chi connectivity index (χ0v) is 14.5. The molecule has 3 rings (SSSR count). The summed E-state index contributed by atoms with van der Waals surface area (Å²) in [6.07, 6.45) is 0.900. The van der Waals surface area contributed by atoms with Crippen LogP contribution in [0.3, 0.4) is 0 Å². The molecule has 130 valence electrons. The van der Waals surface area contributed by atoms with Crippen molar-refractivity contribution in [3.63, 3.8) is 0 Å². The van der Waals surface area contributed by atoms with E-state index in [0.717, 1.165) is 24.6 Å². The molecule has 1 aliphatic heterocycles. The van der Waals surface area contributed by atoms with Gasteiger partial charge in [-0.15, -0.1) is 0 Å². The number of aromatic nitrogens is 3. The molecule has 0 aliphatic carbocycles. The molecule has 0 bridgehead atoms. The van der Waals surface area contributed by atoms with Gasteiger partial charge in [-0.2, -0.15) is 5.10 Å². The molecule has 2 heterocycles. The molecular formula is C18H25N3O3. The molecule has 2 atom stereocenters. The summed E-state index contributed by atoms with van der Waals surface area (Å²) in [7, 11) is 0. The quantitative estimate of drug-likeness (QED) is 0.817. The molecule has 1 aromatic heterocycles. The van der Waals surface area contributed by atoms with Crippen molar-refractivity contribution >= 4 is 0 Å². The molecule has 0 amide bonds. The molecule has 2 aromatic rings. The molecule has 0 radical (unpaired) electrons. The van der Waals surface area contributed by atoms with Crippen LogP contribution in [-0.2, 0) is 11.3 Å². The van der Waals surface area contributed by atoms with E-state index in [0.29, 0.717) is 19.1 Å². The Morgan fingerprint density at radius 3 is 2.71 bits per heavy atom. The fourth-order valence-electron chi connectivity index (χ4n) is 3.05. The average molecular weight is 331 g/mol. The van der Waals surface area contributed by atoms with Crippen LogP contribution in [0, 0.1) is 5.92 Å². The van der Waals surface area contributed by atoms with Crippen LogP contribution >= 0.6 is 0 Å². The van der Waals surface area contributed by atoms with Gasteiger partial charge in [-0.25, -0.2) is 9.48 Å². The Hall–Kier alpha value is -2.08. The maximum absolute atomic E-state index is 12.7. The van der Waals surface area contributed by atoms with Crippen molar-refractivity contribution in [2.75, 3.05) is 13.2 Å². The lowest BCUT2D eigenvalue weighted by molar-refractivity contribution is 0.0824. The monoisotopic (exact) mass is 331 g/mol. The highest BCUT2D eigenvalue weighted by Gasteiger charge is 2.32. The third-order valence-corrected chi connectivity index (χ3v) is 4.37. The Morgan fingerprint density at radius 1 is 1.33 bits per heavy atom. The van der Waals surface area contributed by atoms with Gasteiger partial charge in [0.1, 0.15) is 18.5 Å². The molecule has 1 saturated heterocycles. The van der Waals surface area contributed by atoms with Crippen LogP contribution in [0.5, 0.6) is 5.75 Å². The van der Waals surface area contributed by atoms with Crippen molar-refractivity contribution < 1.29 is 9.47 Å². The Morgan fingerprint density at radius 2 is 2.08 bits per heavy atom. The van der Waals surface area contributed by atoms with Gasteiger partial charge in [-0.05, 0) is 38.3 Å². The number of benzene rings is 1. The summed E-state index contributed by atoms with van der Waals surface area (Å²) in [6.45, 7) is 7.68. The lowest BCUT2D eigenvalue weighted by atomic mass is 10.0. The van der Waals surface area contributed by atoms with Crippen LogP contribution in [0.15, 0.2) is 35.1 Å². The molecule has 1 aliphatic rings. The fourth-order valence-corrected chi connectivity index (χ4v) is 3.05. The molecule has 0 saturated carbocycles. The minimum atomic E-state index is -0.101. The molecular weight excluding hydrogens is 306 g/mol. The largest absolute Gasteiger partial charge is 0.492 e. The predicted octanol–water partition coefficient (Wildman–Crippen LogP) is 2.80. The van der Waals surface area contributed by atoms with Gasteiger partial charge in [0.25, 0.3) is 0 Å². The highest BCUT2D eigenvalue weighted by Crippen LogP contribution is 2.33. The van der Waals surface area contributed by atoms with Crippen molar-refractivity contribution in [3.8, 4) is 5.75 Å². The smallest absolute Gasteiger partial charge is 0.346 e. The number of hydrogen-bond donors (Lipinski definition) is 0. The summed E-state index contributed by atoms with van der Waals surface area (Å²) in [6, 6.07) is 9.63. The van der Waals surface area contributed by atoms with Crippen LogP contribution in [0.2, 0.25) is 0 Å². The molecule has 0 unspecified atom stereocenters. The van der Waals surface area contributed by atoms with E-state index >= 15 is 0 Å². The van der Waals surface area contributed by atoms with Crippen LogP contribution in [0.4, 0.5) is 0 Å². The standard InChI is InChI=1S/C18H25N3O3/c1-13(2)21-17(16-14(3)9-11-24-16)19-20(18(21)22)10-12-23-15-7-5-4-6-8-15/h4-8,13-14,16H,9-12H2,1-3H3/t14-,16+/m1/s1. The third-order valence-electron chi connectivity index (χ3n) is 4.37. The van der Waals surface area contributed by atoms with Crippen LogP contribution < -0.4 is 10.4 Å². The lowest BCUT2D eigenvalue weighted by Gasteiger charge is -2.16. The fraction of sp³-hybridized carbons (Fsp3) is 0.556. The van der Waals surface area contributed by atoms with Crippen molar-refractivity contribution in [2.45, 2.75) is 45.9 Å². The van der Waals surface area contributed by atoms with Gasteiger partial charge >= 0.3 is 5.69 Å². The van der Waals surface area contributed by atoms with E-state index in [9.17, 15) is 4.79 Å². The number of ether oxygens (including phenoxy) is 2. The summed E-state index contributed by atoms with van der Waals surface area (Å²) >= 11 is 0. The van der Waals surface area contributed by atoms with Crippen LogP contribution in [-0.4, -0.2) is 27.6 Å². The average Bonchev–Trinajstić information content (AvgIpc) is 3.12. The second-order valence-corrected chi connectivity index (χ2v) is 6.55. The molecule has 6 heteroatoms. The minimum Gasteiger partial charge on any atom is -0.492 e. The molecule has 6 nitrogen and oxygen atoms in total. The Kier molecular flexibility index (Phi) is 5.04. The second kappa shape index (κ2) is 7.21. The number of nitrogens with zero attached hydrogens (tertiary/aromatic N) is 3. The van der Waals surface area contributed by atoms with E-state index in [2.05, 4.69) is 12.0 Å². The van der Waals surface area contributed by atoms with Crippen LogP contribution in [0.1, 0.15) is 45.2 Å². The molecule has 0 N–H and O–H groups in total. The number of hydrogen-bond acceptors (Lipinski definition) is 4. The van der Waals surface area contributed by atoms with E-state index in [1.54, 1.807) is 4.57 Å². The highest BCUT2D eigenvalue weighted by atomic mass is 16.5. The normalized spacial score (nSPS) is 20.7. The zero-order valence-electron chi connectivity index (χ0n) is 14.5.